The summed E-state index contributed by atoms with van der Waals surface area (Å²) in [6.07, 6.45) is 0. The molecule has 0 saturated heterocycles. The van der Waals surface area contributed by atoms with Gasteiger partial charge in [-0.25, -0.2) is 4.39 Å². The molecular formula is C15H10FNO2. The summed E-state index contributed by atoms with van der Waals surface area (Å²) in [5, 5.41) is 9.76. The van der Waals surface area contributed by atoms with Crippen LogP contribution in [-0.4, -0.2) is 10.1 Å². The van der Waals surface area contributed by atoms with Crippen molar-refractivity contribution in [1.82, 2.24) is 4.98 Å². The van der Waals surface area contributed by atoms with E-state index in [-0.39, 0.29) is 5.43 Å². The molecule has 19 heavy (non-hydrogen) atoms. The van der Waals surface area contributed by atoms with Crippen molar-refractivity contribution in [2.24, 2.45) is 0 Å². The van der Waals surface area contributed by atoms with Crippen LogP contribution in [-0.2, 0) is 0 Å². The molecule has 0 unspecified atom stereocenters. The molecule has 0 aliphatic rings. The van der Waals surface area contributed by atoms with Gasteiger partial charge in [-0.2, -0.15) is 0 Å². The van der Waals surface area contributed by atoms with Gasteiger partial charge < -0.3 is 10.1 Å². The molecule has 0 aliphatic heterocycles. The normalized spacial score (nSPS) is 10.8. The summed E-state index contributed by atoms with van der Waals surface area (Å²) in [6, 6.07) is 12.6. The van der Waals surface area contributed by atoms with Crippen molar-refractivity contribution < 1.29 is 9.50 Å². The first-order valence-corrected chi connectivity index (χ1v) is 5.76. The van der Waals surface area contributed by atoms with Gasteiger partial charge in [0, 0.05) is 28.2 Å². The summed E-state index contributed by atoms with van der Waals surface area (Å²) in [6.45, 7) is 0. The Morgan fingerprint density at radius 1 is 1.05 bits per heavy atom. The second-order valence-corrected chi connectivity index (χ2v) is 4.26. The van der Waals surface area contributed by atoms with E-state index in [1.54, 1.807) is 24.3 Å². The van der Waals surface area contributed by atoms with Crippen LogP contribution in [0.4, 0.5) is 4.39 Å². The molecule has 1 aromatic heterocycles. The van der Waals surface area contributed by atoms with Gasteiger partial charge in [0.2, 0.25) is 0 Å². The molecule has 3 aromatic rings. The molecule has 0 fully saturated rings. The van der Waals surface area contributed by atoms with Crippen LogP contribution < -0.4 is 5.43 Å². The van der Waals surface area contributed by atoms with Gasteiger partial charge in [-0.05, 0) is 30.3 Å². The fourth-order valence-corrected chi connectivity index (χ4v) is 2.03. The summed E-state index contributed by atoms with van der Waals surface area (Å²) in [5.74, 6) is -1.13. The summed E-state index contributed by atoms with van der Waals surface area (Å²) in [4.78, 5) is 15.0. The molecule has 3 rings (SSSR count). The number of benzene rings is 2. The fourth-order valence-electron chi connectivity index (χ4n) is 2.03. The smallest absolute Gasteiger partial charge is 0.190 e. The molecule has 0 saturated carbocycles. The average molecular weight is 255 g/mol. The van der Waals surface area contributed by atoms with E-state index in [4.69, 9.17) is 0 Å². The molecule has 1 heterocycles. The third-order valence-corrected chi connectivity index (χ3v) is 3.00. The van der Waals surface area contributed by atoms with Gasteiger partial charge in [0.15, 0.2) is 17.0 Å². The maximum absolute atomic E-state index is 13.3. The van der Waals surface area contributed by atoms with Crippen LogP contribution in [0.3, 0.4) is 0 Å². The number of halogens is 1. The quantitative estimate of drug-likeness (QED) is 0.702. The first-order valence-electron chi connectivity index (χ1n) is 5.76. The van der Waals surface area contributed by atoms with Crippen LogP contribution >= 0.6 is 0 Å². The Hall–Kier alpha value is -2.62. The first-order chi connectivity index (χ1) is 9.15. The highest BCUT2D eigenvalue weighted by molar-refractivity contribution is 5.81. The SMILES string of the molecule is O=c1cc(-c2ccc(O)c(F)c2)[nH]c2ccccc12. The summed E-state index contributed by atoms with van der Waals surface area (Å²) in [7, 11) is 0. The Labute approximate surface area is 108 Å². The number of phenols is 1. The molecule has 0 radical (unpaired) electrons. The highest BCUT2D eigenvalue weighted by Crippen LogP contribution is 2.23. The minimum Gasteiger partial charge on any atom is -0.505 e. The predicted octanol–water partition coefficient (Wildman–Crippen LogP) is 3.04. The van der Waals surface area contributed by atoms with Gasteiger partial charge in [-0.3, -0.25) is 4.79 Å². The van der Waals surface area contributed by atoms with E-state index in [1.165, 1.54) is 18.2 Å². The minimum absolute atomic E-state index is 0.127. The lowest BCUT2D eigenvalue weighted by Crippen LogP contribution is -2.02. The number of para-hydroxylation sites is 1. The zero-order chi connectivity index (χ0) is 13.4. The third-order valence-electron chi connectivity index (χ3n) is 3.00. The van der Waals surface area contributed by atoms with Crippen molar-refractivity contribution in [1.29, 1.82) is 0 Å². The Bertz CT molecular complexity index is 824. The highest BCUT2D eigenvalue weighted by atomic mass is 19.1. The number of hydrogen-bond acceptors (Lipinski definition) is 2. The lowest BCUT2D eigenvalue weighted by atomic mass is 10.1. The van der Waals surface area contributed by atoms with Crippen LogP contribution in [0.15, 0.2) is 53.3 Å². The Kier molecular flexibility index (Phi) is 2.56. The third kappa shape index (κ3) is 1.97. The van der Waals surface area contributed by atoms with Gasteiger partial charge in [0.1, 0.15) is 0 Å². The lowest BCUT2D eigenvalue weighted by molar-refractivity contribution is 0.432. The summed E-state index contributed by atoms with van der Waals surface area (Å²) < 4.78 is 13.3. The lowest BCUT2D eigenvalue weighted by Gasteiger charge is -2.05. The number of nitrogens with one attached hydrogen (secondary N) is 1. The number of H-pyrrole nitrogens is 1. The van der Waals surface area contributed by atoms with E-state index in [1.807, 2.05) is 6.07 Å². The predicted molar refractivity (Wildman–Crippen MR) is 71.6 cm³/mol. The van der Waals surface area contributed by atoms with Crippen molar-refractivity contribution in [3.8, 4) is 17.0 Å². The Morgan fingerprint density at radius 2 is 1.84 bits per heavy atom. The van der Waals surface area contributed by atoms with E-state index in [0.29, 0.717) is 22.2 Å². The fraction of sp³-hybridized carbons (Fsp3) is 0. The molecule has 0 aliphatic carbocycles. The molecule has 2 aromatic carbocycles. The standard InChI is InChI=1S/C15H10FNO2/c16-11-7-9(5-6-14(11)18)13-8-15(19)10-3-1-2-4-12(10)17-13/h1-8,18H,(H,17,19). The molecule has 2 N–H and O–H groups in total. The topological polar surface area (TPSA) is 53.1 Å². The van der Waals surface area contributed by atoms with Crippen molar-refractivity contribution in [2.75, 3.05) is 0 Å². The molecule has 94 valence electrons. The molecule has 0 amide bonds. The zero-order valence-electron chi connectivity index (χ0n) is 9.85. The molecule has 0 spiro atoms. The molecular weight excluding hydrogens is 245 g/mol. The van der Waals surface area contributed by atoms with Crippen LogP contribution in [0.1, 0.15) is 0 Å². The number of hydrogen-bond donors (Lipinski definition) is 2. The largest absolute Gasteiger partial charge is 0.505 e. The number of rotatable bonds is 1. The van der Waals surface area contributed by atoms with Crippen LogP contribution in [0.2, 0.25) is 0 Å². The number of aromatic nitrogens is 1. The number of fused-ring (bicyclic) bond motifs is 1. The van der Waals surface area contributed by atoms with Crippen molar-refractivity contribution >= 4 is 10.9 Å². The number of aromatic amines is 1. The number of phenolic OH excluding ortho intramolecular Hbond substituents is 1. The van der Waals surface area contributed by atoms with Gasteiger partial charge in [-0.15, -0.1) is 0 Å². The summed E-state index contributed by atoms with van der Waals surface area (Å²) in [5.41, 5.74) is 1.59. The molecule has 3 nitrogen and oxygen atoms in total. The zero-order valence-corrected chi connectivity index (χ0v) is 9.85. The van der Waals surface area contributed by atoms with Crippen molar-refractivity contribution in [3.63, 3.8) is 0 Å². The second kappa shape index (κ2) is 4.24. The van der Waals surface area contributed by atoms with E-state index >= 15 is 0 Å². The Morgan fingerprint density at radius 3 is 2.63 bits per heavy atom. The van der Waals surface area contributed by atoms with Crippen LogP contribution in [0.25, 0.3) is 22.2 Å². The van der Waals surface area contributed by atoms with Crippen LogP contribution in [0.5, 0.6) is 5.75 Å². The molecule has 0 atom stereocenters. The van der Waals surface area contributed by atoms with Gasteiger partial charge in [0.25, 0.3) is 0 Å². The first kappa shape index (κ1) is 11.5. The Balaban J connectivity index is 2.25. The number of aromatic hydroxyl groups is 1. The monoisotopic (exact) mass is 255 g/mol. The van der Waals surface area contributed by atoms with Gasteiger partial charge in [-0.1, -0.05) is 12.1 Å². The maximum Gasteiger partial charge on any atom is 0.190 e. The van der Waals surface area contributed by atoms with Crippen molar-refractivity contribution in [2.45, 2.75) is 0 Å². The number of pyridine rings is 1. The van der Waals surface area contributed by atoms with E-state index in [9.17, 15) is 14.3 Å². The average Bonchev–Trinajstić information content (AvgIpc) is 2.42. The van der Waals surface area contributed by atoms with E-state index in [2.05, 4.69) is 4.98 Å². The van der Waals surface area contributed by atoms with Crippen LogP contribution in [0, 0.1) is 5.82 Å². The second-order valence-electron chi connectivity index (χ2n) is 4.26. The van der Waals surface area contributed by atoms with E-state index < -0.39 is 11.6 Å². The van der Waals surface area contributed by atoms with E-state index in [0.717, 1.165) is 0 Å². The maximum atomic E-state index is 13.3. The molecule has 4 heteroatoms. The van der Waals surface area contributed by atoms with Gasteiger partial charge >= 0.3 is 0 Å². The van der Waals surface area contributed by atoms with Gasteiger partial charge in [0.05, 0.1) is 0 Å². The molecule has 0 bridgehead atoms. The summed E-state index contributed by atoms with van der Waals surface area (Å²) >= 11 is 0. The van der Waals surface area contributed by atoms with Crippen molar-refractivity contribution in [3.05, 3.63) is 64.6 Å². The highest BCUT2D eigenvalue weighted by Gasteiger charge is 2.06. The minimum atomic E-state index is -0.716.